The van der Waals surface area contributed by atoms with Gasteiger partial charge in [0.2, 0.25) is 0 Å². The molecule has 0 atom stereocenters. The number of carbonyl (C=O) groups is 1. The highest BCUT2D eigenvalue weighted by atomic mass is 19.1. The van der Waals surface area contributed by atoms with E-state index in [-0.39, 0.29) is 17.8 Å². The molecule has 0 N–H and O–H groups in total. The Labute approximate surface area is 111 Å². The normalized spacial score (nSPS) is 10.3. The van der Waals surface area contributed by atoms with Crippen molar-refractivity contribution in [3.63, 3.8) is 0 Å². The van der Waals surface area contributed by atoms with Crippen LogP contribution in [0.3, 0.4) is 0 Å². The van der Waals surface area contributed by atoms with Gasteiger partial charge in [-0.1, -0.05) is 23.8 Å². The SMILES string of the molecule is COc1cccc(CC(=O)c2cc(C)ccc2F)c1. The molecule has 2 rings (SSSR count). The monoisotopic (exact) mass is 258 g/mol. The summed E-state index contributed by atoms with van der Waals surface area (Å²) in [6.07, 6.45) is 0.164. The fraction of sp³-hybridized carbons (Fsp3) is 0.188. The lowest BCUT2D eigenvalue weighted by molar-refractivity contribution is 0.0989. The second-order valence-electron chi connectivity index (χ2n) is 4.43. The van der Waals surface area contributed by atoms with Gasteiger partial charge in [0.05, 0.1) is 12.7 Å². The minimum Gasteiger partial charge on any atom is -0.497 e. The fourth-order valence-electron chi connectivity index (χ4n) is 1.92. The molecular weight excluding hydrogens is 243 g/mol. The zero-order valence-electron chi connectivity index (χ0n) is 10.9. The molecule has 0 heterocycles. The van der Waals surface area contributed by atoms with Gasteiger partial charge in [0, 0.05) is 6.42 Å². The molecule has 98 valence electrons. The van der Waals surface area contributed by atoms with Crippen molar-refractivity contribution >= 4 is 5.78 Å². The van der Waals surface area contributed by atoms with Crippen molar-refractivity contribution in [2.24, 2.45) is 0 Å². The van der Waals surface area contributed by atoms with Crippen LogP contribution in [-0.4, -0.2) is 12.9 Å². The molecule has 0 aliphatic carbocycles. The quantitative estimate of drug-likeness (QED) is 0.784. The zero-order chi connectivity index (χ0) is 13.8. The van der Waals surface area contributed by atoms with Gasteiger partial charge >= 0.3 is 0 Å². The van der Waals surface area contributed by atoms with Crippen LogP contribution in [0.15, 0.2) is 42.5 Å². The standard InChI is InChI=1S/C16H15FO2/c1-11-6-7-15(17)14(8-11)16(18)10-12-4-3-5-13(9-12)19-2/h3-9H,10H2,1-2H3. The molecule has 0 aliphatic heterocycles. The van der Waals surface area contributed by atoms with E-state index in [9.17, 15) is 9.18 Å². The second kappa shape index (κ2) is 5.65. The van der Waals surface area contributed by atoms with E-state index in [1.807, 2.05) is 19.1 Å². The van der Waals surface area contributed by atoms with E-state index in [0.717, 1.165) is 11.1 Å². The van der Waals surface area contributed by atoms with Crippen LogP contribution in [0.25, 0.3) is 0 Å². The molecule has 0 aliphatic rings. The third-order valence-electron chi connectivity index (χ3n) is 2.92. The summed E-state index contributed by atoms with van der Waals surface area (Å²) in [5.41, 5.74) is 1.82. The smallest absolute Gasteiger partial charge is 0.170 e. The molecule has 0 radical (unpaired) electrons. The molecule has 0 bridgehead atoms. The highest BCUT2D eigenvalue weighted by Crippen LogP contribution is 2.17. The van der Waals surface area contributed by atoms with Gasteiger partial charge in [-0.15, -0.1) is 0 Å². The summed E-state index contributed by atoms with van der Waals surface area (Å²) in [5.74, 6) is -0.0111. The number of hydrogen-bond donors (Lipinski definition) is 0. The van der Waals surface area contributed by atoms with Crippen LogP contribution < -0.4 is 4.74 Å². The maximum atomic E-state index is 13.6. The number of ketones is 1. The number of hydrogen-bond acceptors (Lipinski definition) is 2. The van der Waals surface area contributed by atoms with Gasteiger partial charge in [0.1, 0.15) is 11.6 Å². The van der Waals surface area contributed by atoms with Crippen LogP contribution in [0.1, 0.15) is 21.5 Å². The Balaban J connectivity index is 2.23. The molecule has 2 nitrogen and oxygen atoms in total. The van der Waals surface area contributed by atoms with Crippen LogP contribution in [0, 0.1) is 12.7 Å². The molecule has 3 heteroatoms. The highest BCUT2D eigenvalue weighted by molar-refractivity contribution is 5.97. The highest BCUT2D eigenvalue weighted by Gasteiger charge is 2.12. The van der Waals surface area contributed by atoms with Crippen molar-refractivity contribution in [1.82, 2.24) is 0 Å². The van der Waals surface area contributed by atoms with E-state index in [4.69, 9.17) is 4.74 Å². The Hall–Kier alpha value is -2.16. The number of halogens is 1. The van der Waals surface area contributed by atoms with Gasteiger partial charge in [-0.2, -0.15) is 0 Å². The van der Waals surface area contributed by atoms with E-state index in [0.29, 0.717) is 5.75 Å². The Morgan fingerprint density at radius 1 is 1.21 bits per heavy atom. The molecule has 0 spiro atoms. The summed E-state index contributed by atoms with van der Waals surface area (Å²) in [6, 6.07) is 11.8. The largest absolute Gasteiger partial charge is 0.497 e. The summed E-state index contributed by atoms with van der Waals surface area (Å²) in [4.78, 5) is 12.1. The molecule has 19 heavy (non-hydrogen) atoms. The van der Waals surface area contributed by atoms with E-state index < -0.39 is 5.82 Å². The number of carbonyl (C=O) groups excluding carboxylic acids is 1. The van der Waals surface area contributed by atoms with Gasteiger partial charge in [-0.25, -0.2) is 4.39 Å². The number of rotatable bonds is 4. The summed E-state index contributed by atoms with van der Waals surface area (Å²) in [5, 5.41) is 0. The zero-order valence-corrected chi connectivity index (χ0v) is 10.9. The lowest BCUT2D eigenvalue weighted by Crippen LogP contribution is -2.06. The van der Waals surface area contributed by atoms with Crippen molar-refractivity contribution in [2.45, 2.75) is 13.3 Å². The Morgan fingerprint density at radius 2 is 2.00 bits per heavy atom. The number of aryl methyl sites for hydroxylation is 1. The van der Waals surface area contributed by atoms with E-state index in [1.54, 1.807) is 31.4 Å². The van der Waals surface area contributed by atoms with Gasteiger partial charge in [0.15, 0.2) is 5.78 Å². The number of ether oxygens (including phenoxy) is 1. The Bertz CT molecular complexity index is 605. The third kappa shape index (κ3) is 3.19. The van der Waals surface area contributed by atoms with Crippen molar-refractivity contribution in [3.05, 3.63) is 65.0 Å². The summed E-state index contributed by atoms with van der Waals surface area (Å²) in [6.45, 7) is 1.84. The van der Waals surface area contributed by atoms with Crippen LogP contribution >= 0.6 is 0 Å². The predicted molar refractivity (Wildman–Crippen MR) is 72.2 cm³/mol. The van der Waals surface area contributed by atoms with E-state index >= 15 is 0 Å². The first-order valence-electron chi connectivity index (χ1n) is 6.02. The van der Waals surface area contributed by atoms with Gasteiger partial charge in [0.25, 0.3) is 0 Å². The maximum absolute atomic E-state index is 13.6. The lowest BCUT2D eigenvalue weighted by Gasteiger charge is -2.06. The van der Waals surface area contributed by atoms with Crippen LogP contribution in [0.5, 0.6) is 5.75 Å². The van der Waals surface area contributed by atoms with Crippen LogP contribution in [-0.2, 0) is 6.42 Å². The molecule has 0 aromatic heterocycles. The number of Topliss-reactive ketones (excluding diaryl/α,β-unsaturated/α-hetero) is 1. The summed E-state index contributed by atoms with van der Waals surface area (Å²) in [7, 11) is 1.57. The van der Waals surface area contributed by atoms with Gasteiger partial charge < -0.3 is 4.74 Å². The minimum atomic E-state index is -0.474. The van der Waals surface area contributed by atoms with Gasteiger partial charge in [-0.05, 0) is 36.8 Å². The first kappa shape index (κ1) is 13.3. The fourth-order valence-corrected chi connectivity index (χ4v) is 1.92. The molecule has 2 aromatic carbocycles. The lowest BCUT2D eigenvalue weighted by atomic mass is 10.0. The maximum Gasteiger partial charge on any atom is 0.170 e. The van der Waals surface area contributed by atoms with Crippen LogP contribution in [0.4, 0.5) is 4.39 Å². The first-order chi connectivity index (χ1) is 9.10. The minimum absolute atomic E-state index is 0.141. The Morgan fingerprint density at radius 3 is 2.74 bits per heavy atom. The van der Waals surface area contributed by atoms with Crippen molar-refractivity contribution < 1.29 is 13.9 Å². The summed E-state index contributed by atoms with van der Waals surface area (Å²) < 4.78 is 18.7. The summed E-state index contributed by atoms with van der Waals surface area (Å²) >= 11 is 0. The van der Waals surface area contributed by atoms with Crippen molar-refractivity contribution in [1.29, 1.82) is 0 Å². The predicted octanol–water partition coefficient (Wildman–Crippen LogP) is 3.57. The average molecular weight is 258 g/mol. The molecule has 2 aromatic rings. The first-order valence-corrected chi connectivity index (χ1v) is 6.02. The van der Waals surface area contributed by atoms with E-state index in [2.05, 4.69) is 0 Å². The van der Waals surface area contributed by atoms with E-state index in [1.165, 1.54) is 6.07 Å². The number of benzene rings is 2. The average Bonchev–Trinajstić information content (AvgIpc) is 2.41. The molecule has 0 unspecified atom stereocenters. The second-order valence-corrected chi connectivity index (χ2v) is 4.43. The van der Waals surface area contributed by atoms with Crippen molar-refractivity contribution in [3.8, 4) is 5.75 Å². The van der Waals surface area contributed by atoms with Crippen LogP contribution in [0.2, 0.25) is 0 Å². The number of methoxy groups -OCH3 is 1. The molecule has 0 saturated heterocycles. The molecule has 0 saturated carbocycles. The third-order valence-corrected chi connectivity index (χ3v) is 2.92. The van der Waals surface area contributed by atoms with Gasteiger partial charge in [-0.3, -0.25) is 4.79 Å². The molecule has 0 fully saturated rings. The Kier molecular flexibility index (Phi) is 3.95. The molecular formula is C16H15FO2. The topological polar surface area (TPSA) is 26.3 Å². The van der Waals surface area contributed by atoms with Crippen molar-refractivity contribution in [2.75, 3.05) is 7.11 Å². The molecule has 0 amide bonds.